The van der Waals surface area contributed by atoms with E-state index in [1.54, 1.807) is 0 Å². The second-order valence-electron chi connectivity index (χ2n) is 5.28. The highest BCUT2D eigenvalue weighted by molar-refractivity contribution is 6.62. The number of esters is 1. The van der Waals surface area contributed by atoms with E-state index in [9.17, 15) is 4.79 Å². The summed E-state index contributed by atoms with van der Waals surface area (Å²) in [6.45, 7) is 7.72. The zero-order valence-corrected chi connectivity index (χ0v) is 12.1. The van der Waals surface area contributed by atoms with Crippen molar-refractivity contribution in [1.29, 1.82) is 0 Å². The molecule has 1 heterocycles. The van der Waals surface area contributed by atoms with Gasteiger partial charge in [-0.1, -0.05) is 30.8 Å². The zero-order chi connectivity index (χ0) is 14.8. The molecule has 1 saturated heterocycles. The third kappa shape index (κ3) is 3.04. The number of hydrogen-bond acceptors (Lipinski definition) is 4. The Morgan fingerprint density at radius 3 is 2.70 bits per heavy atom. The minimum absolute atomic E-state index is 0.224. The Bertz CT molecular complexity index is 524. The summed E-state index contributed by atoms with van der Waals surface area (Å²) in [5.74, 6) is 0.392. The summed E-state index contributed by atoms with van der Waals surface area (Å²) in [5.41, 5.74) is 1.46. The summed E-state index contributed by atoms with van der Waals surface area (Å²) in [4.78, 5) is 11.3. The van der Waals surface area contributed by atoms with Crippen LogP contribution in [0, 0.1) is 0 Å². The van der Waals surface area contributed by atoms with Crippen LogP contribution >= 0.6 is 0 Å². The number of benzene rings is 1. The van der Waals surface area contributed by atoms with Crippen molar-refractivity contribution < 1.29 is 18.8 Å². The Balaban J connectivity index is 2.16. The molecule has 106 valence electrons. The second kappa shape index (κ2) is 5.71. The van der Waals surface area contributed by atoms with Gasteiger partial charge in [-0.2, -0.15) is 0 Å². The molecule has 5 heteroatoms. The molecule has 0 unspecified atom stereocenters. The van der Waals surface area contributed by atoms with E-state index in [4.69, 9.17) is 9.31 Å². The van der Waals surface area contributed by atoms with Gasteiger partial charge in [0.2, 0.25) is 0 Å². The minimum Gasteiger partial charge on any atom is -0.534 e. The van der Waals surface area contributed by atoms with Crippen LogP contribution in [-0.4, -0.2) is 25.8 Å². The molecule has 0 aromatic heterocycles. The number of methoxy groups -OCH3 is 1. The van der Waals surface area contributed by atoms with E-state index in [0.717, 1.165) is 11.0 Å². The van der Waals surface area contributed by atoms with Crippen molar-refractivity contribution in [1.82, 2.24) is 0 Å². The van der Waals surface area contributed by atoms with Gasteiger partial charge in [-0.3, -0.25) is 4.79 Å². The fourth-order valence-electron chi connectivity index (χ4n) is 2.09. The molecule has 1 aliphatic rings. The van der Waals surface area contributed by atoms with Crippen molar-refractivity contribution in [3.63, 3.8) is 0 Å². The number of hydrogen-bond donors (Lipinski definition) is 0. The van der Waals surface area contributed by atoms with E-state index in [2.05, 4.69) is 11.3 Å². The lowest BCUT2D eigenvalue weighted by Crippen LogP contribution is -2.36. The quantitative estimate of drug-likeness (QED) is 0.620. The van der Waals surface area contributed by atoms with Crippen molar-refractivity contribution in [2.24, 2.45) is 0 Å². The molecule has 0 N–H and O–H groups in total. The van der Waals surface area contributed by atoms with Gasteiger partial charge in [0.25, 0.3) is 0 Å². The zero-order valence-electron chi connectivity index (χ0n) is 12.1. The van der Waals surface area contributed by atoms with Gasteiger partial charge in [0.1, 0.15) is 5.60 Å². The van der Waals surface area contributed by atoms with Crippen molar-refractivity contribution >= 4 is 18.6 Å². The van der Waals surface area contributed by atoms with E-state index in [-0.39, 0.29) is 5.97 Å². The van der Waals surface area contributed by atoms with E-state index < -0.39 is 12.7 Å². The first-order valence-electron chi connectivity index (χ1n) is 6.62. The Morgan fingerprint density at radius 2 is 2.10 bits per heavy atom. The Morgan fingerprint density at radius 1 is 1.40 bits per heavy atom. The third-order valence-electron chi connectivity index (χ3n) is 3.46. The first-order valence-corrected chi connectivity index (χ1v) is 6.62. The predicted molar refractivity (Wildman–Crippen MR) is 77.6 cm³/mol. The molecular formula is C15H19BO4. The summed E-state index contributed by atoms with van der Waals surface area (Å²) < 4.78 is 16.3. The molecule has 20 heavy (non-hydrogen) atoms. The molecule has 0 aliphatic carbocycles. The molecule has 4 nitrogen and oxygen atoms in total. The van der Waals surface area contributed by atoms with Gasteiger partial charge in [-0.15, -0.1) is 0 Å². The summed E-state index contributed by atoms with van der Waals surface area (Å²) in [5, 5.41) is 0. The fourth-order valence-corrected chi connectivity index (χ4v) is 2.09. The molecule has 0 atom stereocenters. The molecule has 1 aromatic rings. The first-order chi connectivity index (χ1) is 9.44. The van der Waals surface area contributed by atoms with Crippen molar-refractivity contribution in [3.8, 4) is 0 Å². The molecule has 2 rings (SSSR count). The van der Waals surface area contributed by atoms with Gasteiger partial charge < -0.3 is 14.0 Å². The molecule has 1 fully saturated rings. The SMILES string of the molecule is C=C1OB(c2ccccc2CCC(=O)OC)OC1(C)C. The smallest absolute Gasteiger partial charge is 0.534 e. The normalized spacial score (nSPS) is 16.9. The second-order valence-corrected chi connectivity index (χ2v) is 5.28. The summed E-state index contributed by atoms with van der Waals surface area (Å²) in [7, 11) is 0.926. The van der Waals surface area contributed by atoms with E-state index >= 15 is 0 Å². The lowest BCUT2D eigenvalue weighted by atomic mass is 9.75. The standard InChI is InChI=1S/C15H19BO4/c1-11-15(2,3)20-16(19-11)13-8-6-5-7-12(13)9-10-14(17)18-4/h5-8H,1,9-10H2,2-4H3. The number of ether oxygens (including phenoxy) is 1. The van der Waals surface area contributed by atoms with Crippen LogP contribution in [0.4, 0.5) is 0 Å². The van der Waals surface area contributed by atoms with Crippen LogP contribution in [0.3, 0.4) is 0 Å². The van der Waals surface area contributed by atoms with Gasteiger partial charge in [0, 0.05) is 11.9 Å². The van der Waals surface area contributed by atoms with Gasteiger partial charge in [-0.05, 0) is 25.8 Å². The third-order valence-corrected chi connectivity index (χ3v) is 3.46. The van der Waals surface area contributed by atoms with Crippen LogP contribution in [0.2, 0.25) is 0 Å². The maximum atomic E-state index is 11.3. The summed E-state index contributed by atoms with van der Waals surface area (Å²) in [6.07, 6.45) is 0.934. The Hall–Kier alpha value is -1.75. The molecular weight excluding hydrogens is 255 g/mol. The predicted octanol–water partition coefficient (Wildman–Crippen LogP) is 1.83. The maximum Gasteiger partial charge on any atom is 0.563 e. The topological polar surface area (TPSA) is 44.8 Å². The highest BCUT2D eigenvalue weighted by Crippen LogP contribution is 2.29. The van der Waals surface area contributed by atoms with Crippen molar-refractivity contribution in [2.45, 2.75) is 32.3 Å². The number of carbonyl (C=O) groups excluding carboxylic acids is 1. The first kappa shape index (κ1) is 14.7. The lowest BCUT2D eigenvalue weighted by molar-refractivity contribution is -0.140. The van der Waals surface area contributed by atoms with E-state index in [1.165, 1.54) is 7.11 Å². The highest BCUT2D eigenvalue weighted by Gasteiger charge is 2.43. The van der Waals surface area contributed by atoms with Gasteiger partial charge in [0.05, 0.1) is 12.9 Å². The van der Waals surface area contributed by atoms with Crippen LogP contribution in [0.15, 0.2) is 36.6 Å². The molecule has 0 saturated carbocycles. The average molecular weight is 274 g/mol. The highest BCUT2D eigenvalue weighted by atomic mass is 16.7. The minimum atomic E-state index is -0.500. The molecule has 0 spiro atoms. The van der Waals surface area contributed by atoms with Crippen molar-refractivity contribution in [3.05, 3.63) is 42.2 Å². The number of carbonyl (C=O) groups is 1. The summed E-state index contributed by atoms with van der Waals surface area (Å²) in [6, 6.07) is 7.79. The molecule has 0 bridgehead atoms. The van der Waals surface area contributed by atoms with Gasteiger partial charge >= 0.3 is 13.1 Å². The molecule has 0 radical (unpaired) electrons. The van der Waals surface area contributed by atoms with Crippen LogP contribution in [0.1, 0.15) is 25.8 Å². The number of aryl methyl sites for hydroxylation is 1. The largest absolute Gasteiger partial charge is 0.563 e. The monoisotopic (exact) mass is 274 g/mol. The molecule has 1 aliphatic heterocycles. The van der Waals surface area contributed by atoms with Gasteiger partial charge in [-0.25, -0.2) is 0 Å². The summed E-state index contributed by atoms with van der Waals surface area (Å²) >= 11 is 0. The molecule has 0 amide bonds. The number of rotatable bonds is 4. The average Bonchev–Trinajstić information content (AvgIpc) is 2.70. The van der Waals surface area contributed by atoms with Crippen molar-refractivity contribution in [2.75, 3.05) is 7.11 Å². The Kier molecular flexibility index (Phi) is 4.19. The van der Waals surface area contributed by atoms with Crippen LogP contribution < -0.4 is 5.46 Å². The van der Waals surface area contributed by atoms with E-state index in [1.807, 2.05) is 38.1 Å². The van der Waals surface area contributed by atoms with Crippen LogP contribution in [0.5, 0.6) is 0 Å². The fraction of sp³-hybridized carbons (Fsp3) is 0.400. The van der Waals surface area contributed by atoms with Crippen LogP contribution in [0.25, 0.3) is 0 Å². The maximum absolute atomic E-state index is 11.3. The van der Waals surface area contributed by atoms with Crippen LogP contribution in [-0.2, 0) is 25.3 Å². The van der Waals surface area contributed by atoms with Gasteiger partial charge in [0.15, 0.2) is 0 Å². The molecule has 1 aromatic carbocycles. The van der Waals surface area contributed by atoms with E-state index in [0.29, 0.717) is 18.6 Å². The lowest BCUT2D eigenvalue weighted by Gasteiger charge is -2.16. The Labute approximate surface area is 119 Å².